The summed E-state index contributed by atoms with van der Waals surface area (Å²) in [6.07, 6.45) is 0. The van der Waals surface area contributed by atoms with Crippen molar-refractivity contribution in [1.29, 1.82) is 0 Å². The quantitative estimate of drug-likeness (QED) is 0.440. The van der Waals surface area contributed by atoms with E-state index in [-0.39, 0.29) is 42.6 Å². The molecular weight excluding hydrogens is 418 g/mol. The van der Waals surface area contributed by atoms with E-state index < -0.39 is 0 Å². The van der Waals surface area contributed by atoms with Crippen LogP contribution in [0.15, 0.2) is 81.3 Å². The molecule has 0 radical (unpaired) electrons. The first-order valence-electron chi connectivity index (χ1n) is 8.23. The predicted molar refractivity (Wildman–Crippen MR) is 93.9 cm³/mol. The standard InChI is InChI=1S/C22H23.3ClH.Ti/c1-16-15-17(2)21(18(16)3)22(4,19-11-7-5-8-12-19)20-13-9-6-10-14-20;;;;/h5-14,17H,1-4H3;3*1H;/q;;;;+3/p-3. The molecule has 0 bridgehead atoms. The third-order valence-corrected chi connectivity index (χ3v) is 6.74. The average molecular weight is 442 g/mol. The molecule has 0 nitrogen and oxygen atoms in total. The summed E-state index contributed by atoms with van der Waals surface area (Å²) in [5, 5.41) is 0. The molecule has 0 fully saturated rings. The first-order chi connectivity index (χ1) is 11.0. The van der Waals surface area contributed by atoms with E-state index in [4.69, 9.17) is 0 Å². The maximum Gasteiger partial charge on any atom is -1.00 e. The van der Waals surface area contributed by atoms with Crippen molar-refractivity contribution in [2.75, 3.05) is 0 Å². The molecule has 0 saturated heterocycles. The van der Waals surface area contributed by atoms with Crippen molar-refractivity contribution in [3.8, 4) is 0 Å². The fourth-order valence-electron chi connectivity index (χ4n) is 4.03. The Labute approximate surface area is 188 Å². The summed E-state index contributed by atoms with van der Waals surface area (Å²) in [7, 11) is 0. The van der Waals surface area contributed by atoms with Crippen LogP contribution in [0.25, 0.3) is 0 Å². The van der Waals surface area contributed by atoms with Gasteiger partial charge in [-0.25, -0.2) is 0 Å². The molecule has 1 aliphatic rings. The van der Waals surface area contributed by atoms with Crippen molar-refractivity contribution >= 4 is 0 Å². The molecule has 0 aliphatic heterocycles. The van der Waals surface area contributed by atoms with Crippen LogP contribution in [0.1, 0.15) is 38.8 Å². The van der Waals surface area contributed by atoms with Crippen LogP contribution in [-0.4, -0.2) is 0 Å². The van der Waals surface area contributed by atoms with E-state index in [0.717, 1.165) is 0 Å². The maximum absolute atomic E-state index is 2.39. The fraction of sp³-hybridized carbons (Fsp3) is 0.273. The van der Waals surface area contributed by atoms with Gasteiger partial charge in [-0.1, -0.05) is 0 Å². The van der Waals surface area contributed by atoms with Gasteiger partial charge in [0.1, 0.15) is 0 Å². The topological polar surface area (TPSA) is 0 Å². The number of rotatable bonds is 3. The van der Waals surface area contributed by atoms with Crippen molar-refractivity contribution in [3.63, 3.8) is 0 Å². The second-order valence-corrected chi connectivity index (χ2v) is 7.50. The minimum atomic E-state index is -0.0922. The molecule has 0 spiro atoms. The Bertz CT molecular complexity index is 740. The SMILES string of the molecule is CC1=[C]([Ti+3])C(C)C(C(C)(c2ccccc2)c2ccccc2)=C1C.[Cl-].[Cl-].[Cl-]. The Morgan fingerprint density at radius 2 is 1.12 bits per heavy atom. The van der Waals surface area contributed by atoms with Gasteiger partial charge in [-0.3, -0.25) is 0 Å². The smallest absolute Gasteiger partial charge is 1.00 e. The third-order valence-electron chi connectivity index (χ3n) is 5.48. The maximum atomic E-state index is 2.39. The van der Waals surface area contributed by atoms with E-state index in [1.807, 2.05) is 0 Å². The Balaban J connectivity index is 0.00000208. The summed E-state index contributed by atoms with van der Waals surface area (Å²) < 4.78 is 1.51. The first-order valence-corrected chi connectivity index (χ1v) is 9.01. The molecule has 0 heterocycles. The van der Waals surface area contributed by atoms with Crippen LogP contribution in [0.3, 0.4) is 0 Å². The van der Waals surface area contributed by atoms with Gasteiger partial charge in [-0.2, -0.15) is 0 Å². The number of hydrogen-bond donors (Lipinski definition) is 0. The van der Waals surface area contributed by atoms with Gasteiger partial charge in [0.15, 0.2) is 0 Å². The van der Waals surface area contributed by atoms with Crippen LogP contribution in [0.4, 0.5) is 0 Å². The Hall–Kier alpha value is -0.496. The summed E-state index contributed by atoms with van der Waals surface area (Å²) in [6.45, 7) is 9.31. The third kappa shape index (κ3) is 4.16. The first kappa shape index (κ1) is 25.5. The zero-order chi connectivity index (χ0) is 16.6. The second-order valence-electron chi connectivity index (χ2n) is 6.66. The van der Waals surface area contributed by atoms with Crippen molar-refractivity contribution in [2.45, 2.75) is 33.1 Å². The predicted octanol–water partition coefficient (Wildman–Crippen LogP) is -3.21. The molecule has 0 aromatic heterocycles. The zero-order valence-corrected chi connectivity index (χ0v) is 19.3. The van der Waals surface area contributed by atoms with Crippen LogP contribution in [0, 0.1) is 5.92 Å². The van der Waals surface area contributed by atoms with Crippen LogP contribution >= 0.6 is 0 Å². The molecule has 1 unspecified atom stereocenters. The zero-order valence-electron chi connectivity index (χ0n) is 15.5. The molecule has 0 N–H and O–H groups in total. The van der Waals surface area contributed by atoms with E-state index in [1.54, 1.807) is 5.57 Å². The molecule has 4 heteroatoms. The largest absolute Gasteiger partial charge is 1.00 e. The van der Waals surface area contributed by atoms with Crippen molar-refractivity contribution in [3.05, 3.63) is 92.4 Å². The second kappa shape index (κ2) is 10.2. The van der Waals surface area contributed by atoms with Gasteiger partial charge in [0.2, 0.25) is 0 Å². The van der Waals surface area contributed by atoms with Gasteiger partial charge in [0, 0.05) is 0 Å². The van der Waals surface area contributed by atoms with E-state index >= 15 is 0 Å². The number of halogens is 3. The van der Waals surface area contributed by atoms with Crippen LogP contribution in [0.2, 0.25) is 0 Å². The molecule has 0 amide bonds. The molecule has 1 atom stereocenters. The van der Waals surface area contributed by atoms with Crippen molar-refractivity contribution in [1.82, 2.24) is 0 Å². The normalized spacial score (nSPS) is 16.6. The van der Waals surface area contributed by atoms with E-state index in [9.17, 15) is 0 Å². The minimum Gasteiger partial charge on any atom is -1.00 e. The van der Waals surface area contributed by atoms with Gasteiger partial charge in [0.05, 0.1) is 0 Å². The number of benzene rings is 2. The molecule has 26 heavy (non-hydrogen) atoms. The minimum absolute atomic E-state index is 0. The average Bonchev–Trinajstić information content (AvgIpc) is 2.79. The van der Waals surface area contributed by atoms with Gasteiger partial charge >= 0.3 is 152 Å². The number of allylic oxidation sites excluding steroid dienone is 4. The van der Waals surface area contributed by atoms with Crippen LogP contribution in [0.5, 0.6) is 0 Å². The Kier molecular flexibility index (Phi) is 9.97. The van der Waals surface area contributed by atoms with Crippen molar-refractivity contribution in [2.24, 2.45) is 5.92 Å². The van der Waals surface area contributed by atoms with E-state index in [2.05, 4.69) is 109 Å². The molecule has 136 valence electrons. The van der Waals surface area contributed by atoms with Gasteiger partial charge < -0.3 is 37.2 Å². The molecule has 0 saturated carbocycles. The molecule has 3 rings (SSSR count). The molecule has 2 aromatic rings. The summed E-state index contributed by atoms with van der Waals surface area (Å²) in [5.74, 6) is 0.486. The number of hydrogen-bond acceptors (Lipinski definition) is 0. The summed E-state index contributed by atoms with van der Waals surface area (Å²) in [6, 6.07) is 21.9. The Morgan fingerprint density at radius 1 is 0.731 bits per heavy atom. The van der Waals surface area contributed by atoms with Gasteiger partial charge in [-0.05, 0) is 0 Å². The fourth-order valence-corrected chi connectivity index (χ4v) is 4.54. The summed E-state index contributed by atoms with van der Waals surface area (Å²) in [4.78, 5) is 0. The van der Waals surface area contributed by atoms with E-state index in [1.165, 1.54) is 26.2 Å². The molecule has 1 aliphatic carbocycles. The van der Waals surface area contributed by atoms with Crippen LogP contribution < -0.4 is 37.2 Å². The Morgan fingerprint density at radius 3 is 1.42 bits per heavy atom. The molecule has 2 aromatic carbocycles. The van der Waals surface area contributed by atoms with E-state index in [0.29, 0.717) is 5.92 Å². The monoisotopic (exact) mass is 440 g/mol. The van der Waals surface area contributed by atoms with Gasteiger partial charge in [0.25, 0.3) is 0 Å². The molecular formula is C22H23Cl3Ti. The summed E-state index contributed by atoms with van der Waals surface area (Å²) in [5.41, 5.74) is 7.12. The summed E-state index contributed by atoms with van der Waals surface area (Å²) >= 11 is 2.28. The van der Waals surface area contributed by atoms with Crippen molar-refractivity contribution < 1.29 is 57.7 Å². The van der Waals surface area contributed by atoms with Crippen LogP contribution in [-0.2, 0) is 25.9 Å². The van der Waals surface area contributed by atoms with Gasteiger partial charge in [-0.15, -0.1) is 0 Å².